The number of hydrogen-bond acceptors (Lipinski definition) is 1. The molecule has 4 aromatic rings. The number of benzene rings is 3. The molecule has 0 aliphatic heterocycles. The van der Waals surface area contributed by atoms with Crippen molar-refractivity contribution in [1.29, 1.82) is 0 Å². The van der Waals surface area contributed by atoms with E-state index in [4.69, 9.17) is 0 Å². The minimum atomic E-state index is -4.95. The summed E-state index contributed by atoms with van der Waals surface area (Å²) in [4.78, 5) is 4.24. The SMILES string of the molecule is Cc1ccc(C#Cc2ccc(-c3cc(F)c4c(F)c(C#CC(F)(F)F)c(F)cc4c3)nc2)cc1. The van der Waals surface area contributed by atoms with Crippen LogP contribution >= 0.6 is 0 Å². The zero-order valence-electron chi connectivity index (χ0n) is 17.5. The monoisotopic (exact) mass is 465 g/mol. The quantitative estimate of drug-likeness (QED) is 0.219. The molecule has 0 atom stereocenters. The van der Waals surface area contributed by atoms with E-state index in [9.17, 15) is 26.3 Å². The molecular formula is C27H13F6N. The average Bonchev–Trinajstić information content (AvgIpc) is 2.77. The summed E-state index contributed by atoms with van der Waals surface area (Å²) in [6, 6.07) is 13.9. The Labute approximate surface area is 191 Å². The van der Waals surface area contributed by atoms with Crippen LogP contribution in [0.3, 0.4) is 0 Å². The summed E-state index contributed by atoms with van der Waals surface area (Å²) in [7, 11) is 0. The molecule has 3 aromatic carbocycles. The maximum atomic E-state index is 14.7. The first kappa shape index (κ1) is 22.9. The van der Waals surface area contributed by atoms with Crippen molar-refractivity contribution in [3.05, 3.63) is 100 Å². The Kier molecular flexibility index (Phi) is 6.04. The summed E-state index contributed by atoms with van der Waals surface area (Å²) in [6.45, 7) is 1.97. The van der Waals surface area contributed by atoms with Crippen LogP contribution in [0.25, 0.3) is 22.0 Å². The summed E-state index contributed by atoms with van der Waals surface area (Å²) < 4.78 is 80.5. The molecule has 34 heavy (non-hydrogen) atoms. The Morgan fingerprint density at radius 3 is 2.09 bits per heavy atom. The minimum Gasteiger partial charge on any atom is -0.255 e. The lowest BCUT2D eigenvalue weighted by molar-refractivity contribution is -0.0696. The number of alkyl halides is 3. The molecule has 1 aromatic heterocycles. The van der Waals surface area contributed by atoms with Crippen molar-refractivity contribution < 1.29 is 26.3 Å². The van der Waals surface area contributed by atoms with Crippen LogP contribution in [-0.2, 0) is 0 Å². The van der Waals surface area contributed by atoms with E-state index in [1.165, 1.54) is 18.2 Å². The van der Waals surface area contributed by atoms with Gasteiger partial charge >= 0.3 is 6.18 Å². The Bertz CT molecular complexity index is 1510. The van der Waals surface area contributed by atoms with Gasteiger partial charge in [-0.1, -0.05) is 35.5 Å². The average molecular weight is 465 g/mol. The first-order valence-corrected chi connectivity index (χ1v) is 9.87. The first-order valence-electron chi connectivity index (χ1n) is 9.87. The predicted molar refractivity (Wildman–Crippen MR) is 117 cm³/mol. The summed E-state index contributed by atoms with van der Waals surface area (Å²) in [5.74, 6) is 4.27. The van der Waals surface area contributed by atoms with Crippen molar-refractivity contribution in [2.45, 2.75) is 13.1 Å². The molecule has 0 saturated heterocycles. The highest BCUT2D eigenvalue weighted by molar-refractivity contribution is 5.89. The molecule has 0 saturated carbocycles. The Morgan fingerprint density at radius 1 is 0.765 bits per heavy atom. The molecule has 1 nitrogen and oxygen atoms in total. The topological polar surface area (TPSA) is 12.9 Å². The van der Waals surface area contributed by atoms with E-state index in [1.54, 1.807) is 12.1 Å². The third-order valence-corrected chi connectivity index (χ3v) is 4.87. The van der Waals surface area contributed by atoms with Gasteiger partial charge in [-0.3, -0.25) is 4.98 Å². The third kappa shape index (κ3) is 5.05. The van der Waals surface area contributed by atoms with Crippen LogP contribution in [0.15, 0.2) is 60.8 Å². The molecule has 0 unspecified atom stereocenters. The van der Waals surface area contributed by atoms with Crippen LogP contribution in [0, 0.1) is 48.1 Å². The zero-order valence-corrected chi connectivity index (χ0v) is 17.5. The number of nitrogens with zero attached hydrogens (tertiary/aromatic N) is 1. The molecular weight excluding hydrogens is 452 g/mol. The first-order chi connectivity index (χ1) is 16.1. The fourth-order valence-electron chi connectivity index (χ4n) is 3.23. The molecule has 168 valence electrons. The van der Waals surface area contributed by atoms with Crippen molar-refractivity contribution in [2.24, 2.45) is 0 Å². The van der Waals surface area contributed by atoms with Gasteiger partial charge in [-0.15, -0.1) is 0 Å². The Morgan fingerprint density at radius 2 is 1.44 bits per heavy atom. The lowest BCUT2D eigenvalue weighted by atomic mass is 10.0. The van der Waals surface area contributed by atoms with Crippen LogP contribution in [0.5, 0.6) is 0 Å². The largest absolute Gasteiger partial charge is 0.458 e. The second kappa shape index (κ2) is 8.96. The van der Waals surface area contributed by atoms with E-state index in [2.05, 4.69) is 16.8 Å². The van der Waals surface area contributed by atoms with E-state index in [0.29, 0.717) is 11.3 Å². The molecule has 0 aliphatic rings. The second-order valence-electron chi connectivity index (χ2n) is 7.40. The van der Waals surface area contributed by atoms with Crippen molar-refractivity contribution in [1.82, 2.24) is 4.98 Å². The molecule has 0 spiro atoms. The van der Waals surface area contributed by atoms with Crippen LogP contribution in [-0.4, -0.2) is 11.2 Å². The van der Waals surface area contributed by atoms with Gasteiger partial charge in [-0.25, -0.2) is 13.2 Å². The molecule has 0 amide bonds. The van der Waals surface area contributed by atoms with Crippen molar-refractivity contribution in [3.63, 3.8) is 0 Å². The summed E-state index contributed by atoms with van der Waals surface area (Å²) in [5, 5.41) is -0.829. The van der Waals surface area contributed by atoms with E-state index in [-0.39, 0.29) is 10.9 Å². The van der Waals surface area contributed by atoms with Crippen molar-refractivity contribution in [3.8, 4) is 34.9 Å². The van der Waals surface area contributed by atoms with Crippen molar-refractivity contribution >= 4 is 10.8 Å². The molecule has 1 heterocycles. The van der Waals surface area contributed by atoms with Gasteiger partial charge in [0, 0.05) is 28.8 Å². The minimum absolute atomic E-state index is 0.174. The van der Waals surface area contributed by atoms with Gasteiger partial charge in [0.25, 0.3) is 0 Å². The summed E-state index contributed by atoms with van der Waals surface area (Å²) in [5.41, 5.74) is 1.96. The summed E-state index contributed by atoms with van der Waals surface area (Å²) in [6.07, 6.45) is -3.46. The van der Waals surface area contributed by atoms with Crippen LogP contribution in [0.4, 0.5) is 26.3 Å². The van der Waals surface area contributed by atoms with Gasteiger partial charge < -0.3 is 0 Å². The number of halogens is 6. The van der Waals surface area contributed by atoms with Gasteiger partial charge in [0.05, 0.1) is 16.6 Å². The van der Waals surface area contributed by atoms with E-state index >= 15 is 0 Å². The Hall–Kier alpha value is -4.23. The normalized spacial score (nSPS) is 10.9. The van der Waals surface area contributed by atoms with Gasteiger partial charge in [0.1, 0.15) is 11.6 Å². The van der Waals surface area contributed by atoms with Gasteiger partial charge in [-0.2, -0.15) is 13.2 Å². The Balaban J connectivity index is 1.69. The smallest absolute Gasteiger partial charge is 0.255 e. The lowest BCUT2D eigenvalue weighted by Gasteiger charge is -2.08. The molecule has 7 heteroatoms. The van der Waals surface area contributed by atoms with E-state index < -0.39 is 34.6 Å². The molecule has 0 N–H and O–H groups in total. The highest BCUT2D eigenvalue weighted by Gasteiger charge is 2.24. The molecule has 0 aliphatic carbocycles. The number of pyridine rings is 1. The fourth-order valence-corrected chi connectivity index (χ4v) is 3.23. The van der Waals surface area contributed by atoms with Gasteiger partial charge in [0.15, 0.2) is 5.82 Å². The van der Waals surface area contributed by atoms with Crippen LogP contribution < -0.4 is 0 Å². The number of aromatic nitrogens is 1. The molecule has 0 bridgehead atoms. The standard InChI is InChI=1S/C27H13F6N/c1-16-2-4-17(5-3-16)6-7-18-8-9-24(34-15-18)19-12-20-14-22(28)21(10-11-27(31,32)33)26(30)25(20)23(29)13-19/h2-5,8-9,12-15H,1H3. The molecule has 0 fully saturated rings. The highest BCUT2D eigenvalue weighted by Crippen LogP contribution is 2.31. The highest BCUT2D eigenvalue weighted by atomic mass is 19.4. The second-order valence-corrected chi connectivity index (χ2v) is 7.40. The zero-order chi connectivity index (χ0) is 24.5. The molecule has 0 radical (unpaired) electrons. The molecule has 4 rings (SSSR count). The number of hydrogen-bond donors (Lipinski definition) is 0. The van der Waals surface area contributed by atoms with Gasteiger partial charge in [0.2, 0.25) is 0 Å². The lowest BCUT2D eigenvalue weighted by Crippen LogP contribution is -2.03. The van der Waals surface area contributed by atoms with E-state index in [1.807, 2.05) is 31.2 Å². The van der Waals surface area contributed by atoms with Crippen molar-refractivity contribution in [2.75, 3.05) is 0 Å². The van der Waals surface area contributed by atoms with E-state index in [0.717, 1.165) is 29.2 Å². The number of aryl methyl sites for hydroxylation is 1. The maximum Gasteiger partial charge on any atom is 0.458 e. The van der Waals surface area contributed by atoms with Gasteiger partial charge in [-0.05, 0) is 54.8 Å². The fraction of sp³-hybridized carbons (Fsp3) is 0.0741. The third-order valence-electron chi connectivity index (χ3n) is 4.87. The number of rotatable bonds is 1. The number of fused-ring (bicyclic) bond motifs is 1. The maximum absolute atomic E-state index is 14.7. The predicted octanol–water partition coefficient (Wildman–Crippen LogP) is 6.94. The van der Waals surface area contributed by atoms with Crippen LogP contribution in [0.1, 0.15) is 22.3 Å². The van der Waals surface area contributed by atoms with Crippen LogP contribution in [0.2, 0.25) is 0 Å². The summed E-state index contributed by atoms with van der Waals surface area (Å²) >= 11 is 0.